The maximum atomic E-state index is 13.3. The van der Waals surface area contributed by atoms with E-state index in [0.717, 1.165) is 46.2 Å². The van der Waals surface area contributed by atoms with Crippen molar-refractivity contribution in [1.82, 2.24) is 30.0 Å². The number of aryl methyl sites for hydroxylation is 1. The molecule has 0 saturated carbocycles. The Labute approximate surface area is 333 Å². The highest BCUT2D eigenvalue weighted by atomic mass is 16.5. The average Bonchev–Trinajstić information content (AvgIpc) is 3.46. The van der Waals surface area contributed by atoms with E-state index in [0.29, 0.717) is 55.3 Å². The molecule has 1 unspecified atom stereocenters. The molecule has 0 bridgehead atoms. The van der Waals surface area contributed by atoms with Gasteiger partial charge in [-0.15, -0.1) is 0 Å². The Kier molecular flexibility index (Phi) is 12.8. The van der Waals surface area contributed by atoms with Crippen LogP contribution in [0.25, 0.3) is 21.9 Å². The van der Waals surface area contributed by atoms with E-state index in [2.05, 4.69) is 25.8 Å². The number of imide groups is 2. The Morgan fingerprint density at radius 2 is 1.67 bits per heavy atom. The van der Waals surface area contributed by atoms with Crippen LogP contribution >= 0.6 is 0 Å². The zero-order chi connectivity index (χ0) is 41.5. The van der Waals surface area contributed by atoms with E-state index in [1.165, 1.54) is 0 Å². The van der Waals surface area contributed by atoms with E-state index in [1.54, 1.807) is 62.6 Å². The minimum absolute atomic E-state index is 0.0170. The first kappa shape index (κ1) is 41.0. The van der Waals surface area contributed by atoms with Gasteiger partial charge in [0.1, 0.15) is 17.5 Å². The molecular formula is C41H45N7O10. The molecule has 4 aromatic rings. The molecule has 4 N–H and O–H groups in total. The standard InChI is InChI=1S/C40H43N7O8.CH2O2/c1-45-21-28(25-12-15-41-18-27(25)38(45)51)23-16-32(54-2)29(33(17-23)55-3)22-46-19-24(20-46)36(49)43-14-6-4-5-13-42-30-9-7-8-26-35(30)40(53)47(39(26)52)31-10-11-34(48)44-37(31)50;2-1-3/h7-9,12,15-18,21,24,31,42H,4-6,10-11,13-14,19-20,22H2,1-3H3,(H,43,49)(H,44,48,50);1H,(H,2,3). The predicted octanol–water partition coefficient (Wildman–Crippen LogP) is 2.55. The Hall–Kier alpha value is -6.62. The average molecular weight is 796 g/mol. The molecule has 2 aromatic heterocycles. The summed E-state index contributed by atoms with van der Waals surface area (Å²) >= 11 is 0. The van der Waals surface area contributed by atoms with Crippen molar-refractivity contribution in [3.05, 3.63) is 82.0 Å². The predicted molar refractivity (Wildman–Crippen MR) is 211 cm³/mol. The van der Waals surface area contributed by atoms with E-state index in [9.17, 15) is 28.8 Å². The van der Waals surface area contributed by atoms with Crippen LogP contribution in [0.1, 0.15) is 58.4 Å². The topological polar surface area (TPSA) is 219 Å². The highest BCUT2D eigenvalue weighted by Gasteiger charge is 2.45. The second kappa shape index (κ2) is 18.1. The van der Waals surface area contributed by atoms with Gasteiger partial charge >= 0.3 is 0 Å². The van der Waals surface area contributed by atoms with Crippen molar-refractivity contribution in [2.75, 3.05) is 45.7 Å². The summed E-state index contributed by atoms with van der Waals surface area (Å²) in [6.45, 7) is 2.59. The van der Waals surface area contributed by atoms with Crippen LogP contribution in [0, 0.1) is 5.92 Å². The van der Waals surface area contributed by atoms with Gasteiger partial charge in [-0.25, -0.2) is 0 Å². The Bertz CT molecular complexity index is 2300. The summed E-state index contributed by atoms with van der Waals surface area (Å²) in [5.41, 5.74) is 3.44. The number of pyridine rings is 2. The number of benzene rings is 2. The fourth-order valence-electron chi connectivity index (χ4n) is 7.59. The SMILES string of the molecule is COc1cc(-c2cn(C)c(=O)c3cnccc23)cc(OC)c1CN1CC(C(=O)NCCCCCNc2cccc3c2C(=O)N(C2CCC(=O)NC2=O)C3=O)C1.O=CO. The van der Waals surface area contributed by atoms with Gasteiger partial charge in [0, 0.05) is 76.0 Å². The van der Waals surface area contributed by atoms with Crippen molar-refractivity contribution < 1.29 is 43.3 Å². The number of fused-ring (bicyclic) bond motifs is 2. The van der Waals surface area contributed by atoms with E-state index >= 15 is 0 Å². The van der Waals surface area contributed by atoms with Gasteiger partial charge in [0.05, 0.1) is 42.2 Å². The molecule has 2 saturated heterocycles. The van der Waals surface area contributed by atoms with Crippen LogP contribution in [0.5, 0.6) is 11.5 Å². The van der Waals surface area contributed by atoms with Gasteiger partial charge in [0.2, 0.25) is 17.7 Å². The highest BCUT2D eigenvalue weighted by Crippen LogP contribution is 2.39. The van der Waals surface area contributed by atoms with Gasteiger partial charge in [-0.05, 0) is 67.0 Å². The first-order chi connectivity index (χ1) is 28.0. The molecule has 5 heterocycles. The number of aromatic nitrogens is 2. The Morgan fingerprint density at radius 1 is 0.966 bits per heavy atom. The first-order valence-electron chi connectivity index (χ1n) is 18.9. The third-order valence-electron chi connectivity index (χ3n) is 10.5. The highest BCUT2D eigenvalue weighted by molar-refractivity contribution is 6.25. The molecule has 3 aliphatic heterocycles. The summed E-state index contributed by atoms with van der Waals surface area (Å²) in [6.07, 6.45) is 7.59. The minimum Gasteiger partial charge on any atom is -0.496 e. The number of nitrogens with zero attached hydrogens (tertiary/aromatic N) is 4. The first-order valence-corrected chi connectivity index (χ1v) is 18.9. The van der Waals surface area contributed by atoms with Gasteiger partial charge in [0.25, 0.3) is 23.8 Å². The number of methoxy groups -OCH3 is 2. The minimum atomic E-state index is -1.01. The van der Waals surface area contributed by atoms with Crippen molar-refractivity contribution in [1.29, 1.82) is 0 Å². The third-order valence-corrected chi connectivity index (χ3v) is 10.5. The smallest absolute Gasteiger partial charge is 0.290 e. The molecular weight excluding hydrogens is 750 g/mol. The number of ether oxygens (including phenoxy) is 2. The molecule has 0 spiro atoms. The largest absolute Gasteiger partial charge is 0.496 e. The molecule has 1 atom stereocenters. The monoisotopic (exact) mass is 795 g/mol. The number of hydrogen-bond donors (Lipinski definition) is 4. The zero-order valence-corrected chi connectivity index (χ0v) is 32.4. The second-order valence-electron chi connectivity index (χ2n) is 14.2. The molecule has 0 aliphatic carbocycles. The molecule has 2 aromatic carbocycles. The Morgan fingerprint density at radius 3 is 2.36 bits per heavy atom. The van der Waals surface area contributed by atoms with Gasteiger partial charge < -0.3 is 29.8 Å². The number of amides is 5. The number of hydrogen-bond acceptors (Lipinski definition) is 12. The fraction of sp³-hybridized carbons (Fsp3) is 0.366. The third kappa shape index (κ3) is 8.39. The maximum Gasteiger partial charge on any atom is 0.290 e. The zero-order valence-electron chi connectivity index (χ0n) is 32.4. The van der Waals surface area contributed by atoms with Crippen molar-refractivity contribution in [3.8, 4) is 22.6 Å². The fourth-order valence-corrected chi connectivity index (χ4v) is 7.59. The summed E-state index contributed by atoms with van der Waals surface area (Å²) < 4.78 is 13.2. The van der Waals surface area contributed by atoms with E-state index in [4.69, 9.17) is 19.4 Å². The van der Waals surface area contributed by atoms with Crippen LogP contribution in [-0.4, -0.2) is 107 Å². The number of anilines is 1. The molecule has 17 nitrogen and oxygen atoms in total. The van der Waals surface area contributed by atoms with E-state index < -0.39 is 29.7 Å². The summed E-state index contributed by atoms with van der Waals surface area (Å²) in [5.74, 6) is -0.942. The van der Waals surface area contributed by atoms with E-state index in [-0.39, 0.29) is 47.8 Å². The quantitative estimate of drug-likeness (QED) is 0.0821. The van der Waals surface area contributed by atoms with Crippen LogP contribution in [0.4, 0.5) is 5.69 Å². The summed E-state index contributed by atoms with van der Waals surface area (Å²) in [4.78, 5) is 91.6. The van der Waals surface area contributed by atoms with Crippen LogP contribution < -0.4 is 31.0 Å². The second-order valence-corrected chi connectivity index (χ2v) is 14.2. The number of unbranched alkanes of at least 4 members (excludes halogenated alkanes) is 2. The van der Waals surface area contributed by atoms with Gasteiger partial charge in [-0.3, -0.25) is 53.7 Å². The van der Waals surface area contributed by atoms with Crippen LogP contribution in [-0.2, 0) is 32.8 Å². The molecule has 7 rings (SSSR count). The molecule has 2 fully saturated rings. The van der Waals surface area contributed by atoms with Gasteiger partial charge in [-0.1, -0.05) is 6.07 Å². The number of carbonyl (C=O) groups is 6. The molecule has 3 aliphatic rings. The van der Waals surface area contributed by atoms with Gasteiger partial charge in [0.15, 0.2) is 0 Å². The lowest BCUT2D eigenvalue weighted by Crippen LogP contribution is -2.54. The lowest BCUT2D eigenvalue weighted by molar-refractivity contribution is -0.136. The van der Waals surface area contributed by atoms with Gasteiger partial charge in [-0.2, -0.15) is 0 Å². The van der Waals surface area contributed by atoms with Crippen LogP contribution in [0.2, 0.25) is 0 Å². The number of rotatable bonds is 14. The summed E-state index contributed by atoms with van der Waals surface area (Å²) in [6, 6.07) is 9.70. The Balaban J connectivity index is 0.00000183. The van der Waals surface area contributed by atoms with Crippen molar-refractivity contribution in [3.63, 3.8) is 0 Å². The molecule has 304 valence electrons. The van der Waals surface area contributed by atoms with Crippen molar-refractivity contribution in [2.24, 2.45) is 13.0 Å². The molecule has 5 amide bonds. The summed E-state index contributed by atoms with van der Waals surface area (Å²) in [7, 11) is 4.94. The molecule has 0 radical (unpaired) electrons. The van der Waals surface area contributed by atoms with Crippen molar-refractivity contribution in [2.45, 2.75) is 44.7 Å². The number of likely N-dealkylation sites (tertiary alicyclic amines) is 1. The number of carboxylic acid groups (broad SMARTS) is 1. The molecule has 17 heteroatoms. The van der Waals surface area contributed by atoms with Crippen LogP contribution in [0.3, 0.4) is 0 Å². The molecule has 58 heavy (non-hydrogen) atoms. The van der Waals surface area contributed by atoms with Crippen LogP contribution in [0.15, 0.2) is 59.8 Å². The summed E-state index contributed by atoms with van der Waals surface area (Å²) in [5, 5.41) is 16.7. The van der Waals surface area contributed by atoms with Crippen molar-refractivity contribution >= 4 is 52.5 Å². The maximum absolute atomic E-state index is 13.3. The normalized spacial score (nSPS) is 16.5. The van der Waals surface area contributed by atoms with E-state index in [1.807, 2.05) is 18.2 Å². The number of nitrogens with one attached hydrogen (secondary N) is 3. The lowest BCUT2D eigenvalue weighted by atomic mass is 9.96. The lowest BCUT2D eigenvalue weighted by Gasteiger charge is -2.38. The number of piperidine rings is 1. The number of carbonyl (C=O) groups excluding carboxylic acids is 5.